The molecule has 5 rings (SSSR count). The highest BCUT2D eigenvalue weighted by atomic mass is 16.5. The average Bonchev–Trinajstić information content (AvgIpc) is 3.32. The minimum atomic E-state index is 0.300. The van der Waals surface area contributed by atoms with Gasteiger partial charge in [-0.25, -0.2) is 0 Å². The van der Waals surface area contributed by atoms with Crippen LogP contribution in [0.3, 0.4) is 0 Å². The molecular formula is C28H41N5O. The maximum Gasteiger partial charge on any atom is 0.0915 e. The van der Waals surface area contributed by atoms with E-state index in [-0.39, 0.29) is 0 Å². The first kappa shape index (κ1) is 23.7. The Balaban J connectivity index is 1.30. The van der Waals surface area contributed by atoms with Gasteiger partial charge >= 0.3 is 0 Å². The highest BCUT2D eigenvalue weighted by Gasteiger charge is 2.37. The first-order valence-corrected chi connectivity index (χ1v) is 13.1. The Labute approximate surface area is 205 Å². The SMILES string of the molecule is CC(C)c1ccc2c(n1)[C@@H](N(C)C)C(CC(C)c1ccc(N3CCO[C@H]4CNC[C@@H]43)cn1)CC2. The minimum absolute atomic E-state index is 0.300. The number of pyridine rings is 2. The van der Waals surface area contributed by atoms with Crippen molar-refractivity contribution < 1.29 is 4.74 Å². The molecule has 2 fully saturated rings. The molecule has 184 valence electrons. The van der Waals surface area contributed by atoms with Gasteiger partial charge in [-0.3, -0.25) is 9.97 Å². The lowest BCUT2D eigenvalue weighted by Crippen LogP contribution is -2.51. The second-order valence-electron chi connectivity index (χ2n) is 11.0. The molecule has 2 aromatic rings. The van der Waals surface area contributed by atoms with E-state index in [9.17, 15) is 0 Å². The van der Waals surface area contributed by atoms with Crippen molar-refractivity contribution in [3.63, 3.8) is 0 Å². The second kappa shape index (κ2) is 9.92. The zero-order chi connectivity index (χ0) is 23.8. The summed E-state index contributed by atoms with van der Waals surface area (Å²) in [5.74, 6) is 1.46. The van der Waals surface area contributed by atoms with E-state index in [4.69, 9.17) is 14.7 Å². The number of aromatic nitrogens is 2. The molecule has 2 unspecified atom stereocenters. The molecule has 0 radical (unpaired) electrons. The lowest BCUT2D eigenvalue weighted by atomic mass is 9.76. The first-order valence-electron chi connectivity index (χ1n) is 13.1. The van der Waals surface area contributed by atoms with E-state index in [2.05, 4.69) is 80.4 Å². The van der Waals surface area contributed by atoms with Crippen molar-refractivity contribution in [3.05, 3.63) is 53.1 Å². The molecule has 6 heteroatoms. The van der Waals surface area contributed by atoms with Gasteiger partial charge in [0.1, 0.15) is 0 Å². The number of nitrogens with zero attached hydrogens (tertiary/aromatic N) is 4. The molecule has 34 heavy (non-hydrogen) atoms. The molecule has 0 aromatic carbocycles. The molecule has 0 spiro atoms. The van der Waals surface area contributed by atoms with Crippen LogP contribution in [0.25, 0.3) is 0 Å². The zero-order valence-electron chi connectivity index (χ0n) is 21.5. The van der Waals surface area contributed by atoms with Gasteiger partial charge < -0.3 is 19.9 Å². The molecule has 6 nitrogen and oxygen atoms in total. The van der Waals surface area contributed by atoms with Gasteiger partial charge in [-0.1, -0.05) is 26.8 Å². The number of nitrogens with one attached hydrogen (secondary N) is 1. The van der Waals surface area contributed by atoms with Crippen LogP contribution in [-0.2, 0) is 11.2 Å². The molecule has 1 N–H and O–H groups in total. The van der Waals surface area contributed by atoms with Crippen molar-refractivity contribution in [2.45, 2.75) is 70.1 Å². The largest absolute Gasteiger partial charge is 0.373 e. The number of fused-ring (bicyclic) bond motifs is 2. The van der Waals surface area contributed by atoms with E-state index in [1.54, 1.807) is 0 Å². The summed E-state index contributed by atoms with van der Waals surface area (Å²) in [6.07, 6.45) is 5.86. The molecule has 2 saturated heterocycles. The summed E-state index contributed by atoms with van der Waals surface area (Å²) in [7, 11) is 4.42. The molecule has 3 aliphatic rings. The zero-order valence-corrected chi connectivity index (χ0v) is 21.5. The molecule has 0 saturated carbocycles. The van der Waals surface area contributed by atoms with Gasteiger partial charge in [-0.05, 0) is 74.9 Å². The van der Waals surface area contributed by atoms with E-state index in [1.165, 1.54) is 34.8 Å². The maximum atomic E-state index is 5.94. The smallest absolute Gasteiger partial charge is 0.0915 e. The molecule has 0 amide bonds. The van der Waals surface area contributed by atoms with Crippen LogP contribution in [0.2, 0.25) is 0 Å². The van der Waals surface area contributed by atoms with Crippen molar-refractivity contribution in [1.82, 2.24) is 20.2 Å². The molecule has 5 atom stereocenters. The first-order chi connectivity index (χ1) is 16.4. The Bertz CT molecular complexity index is 975. The predicted molar refractivity (Wildman–Crippen MR) is 138 cm³/mol. The van der Waals surface area contributed by atoms with Crippen molar-refractivity contribution in [3.8, 4) is 0 Å². The van der Waals surface area contributed by atoms with Crippen LogP contribution < -0.4 is 10.2 Å². The number of hydrogen-bond acceptors (Lipinski definition) is 6. The number of ether oxygens (including phenoxy) is 1. The van der Waals surface area contributed by atoms with E-state index < -0.39 is 0 Å². The number of rotatable bonds is 6. The summed E-state index contributed by atoms with van der Waals surface area (Å²) < 4.78 is 5.94. The Morgan fingerprint density at radius 2 is 1.94 bits per heavy atom. The highest BCUT2D eigenvalue weighted by molar-refractivity contribution is 5.47. The third-order valence-electron chi connectivity index (χ3n) is 8.15. The fourth-order valence-corrected chi connectivity index (χ4v) is 6.29. The minimum Gasteiger partial charge on any atom is -0.373 e. The molecule has 0 bridgehead atoms. The molecule has 2 aliphatic heterocycles. The van der Waals surface area contributed by atoms with Crippen molar-refractivity contribution >= 4 is 5.69 Å². The van der Waals surface area contributed by atoms with Gasteiger partial charge in [0.05, 0.1) is 42.4 Å². The summed E-state index contributed by atoms with van der Waals surface area (Å²) in [6, 6.07) is 9.86. The van der Waals surface area contributed by atoms with Crippen LogP contribution in [0.15, 0.2) is 30.5 Å². The van der Waals surface area contributed by atoms with Crippen LogP contribution in [0.1, 0.15) is 74.1 Å². The van der Waals surface area contributed by atoms with E-state index in [0.29, 0.717) is 35.9 Å². The summed E-state index contributed by atoms with van der Waals surface area (Å²) in [5, 5.41) is 3.47. The van der Waals surface area contributed by atoms with Gasteiger partial charge in [0.25, 0.3) is 0 Å². The van der Waals surface area contributed by atoms with Crippen LogP contribution in [-0.4, -0.2) is 67.4 Å². The van der Waals surface area contributed by atoms with Crippen LogP contribution in [0, 0.1) is 5.92 Å². The van der Waals surface area contributed by atoms with Crippen LogP contribution in [0.4, 0.5) is 5.69 Å². The number of aryl methyl sites for hydroxylation is 1. The summed E-state index contributed by atoms with van der Waals surface area (Å²) in [5.41, 5.74) is 6.36. The Hall–Kier alpha value is -2.02. The molecular weight excluding hydrogens is 422 g/mol. The fraction of sp³-hybridized carbons (Fsp3) is 0.643. The third-order valence-corrected chi connectivity index (χ3v) is 8.15. The number of morpholine rings is 1. The third kappa shape index (κ3) is 4.60. The van der Waals surface area contributed by atoms with Crippen LogP contribution >= 0.6 is 0 Å². The Kier molecular flexibility index (Phi) is 6.92. The Morgan fingerprint density at radius 1 is 1.12 bits per heavy atom. The van der Waals surface area contributed by atoms with Gasteiger partial charge in [0.15, 0.2) is 0 Å². The van der Waals surface area contributed by atoms with Crippen molar-refractivity contribution in [2.24, 2.45) is 5.92 Å². The molecule has 4 heterocycles. The topological polar surface area (TPSA) is 53.5 Å². The maximum absolute atomic E-state index is 5.94. The lowest BCUT2D eigenvalue weighted by molar-refractivity contribution is 0.0349. The summed E-state index contributed by atoms with van der Waals surface area (Å²) >= 11 is 0. The van der Waals surface area contributed by atoms with Gasteiger partial charge in [0, 0.05) is 31.0 Å². The van der Waals surface area contributed by atoms with E-state index in [1.807, 2.05) is 0 Å². The quantitative estimate of drug-likeness (QED) is 0.695. The van der Waals surface area contributed by atoms with Gasteiger partial charge in [0.2, 0.25) is 0 Å². The van der Waals surface area contributed by atoms with Gasteiger partial charge in [-0.15, -0.1) is 0 Å². The van der Waals surface area contributed by atoms with Crippen molar-refractivity contribution in [2.75, 3.05) is 45.2 Å². The predicted octanol–water partition coefficient (Wildman–Crippen LogP) is 4.14. The van der Waals surface area contributed by atoms with E-state index >= 15 is 0 Å². The summed E-state index contributed by atoms with van der Waals surface area (Å²) in [4.78, 5) is 15.0. The lowest BCUT2D eigenvalue weighted by Gasteiger charge is -2.39. The number of hydrogen-bond donors (Lipinski definition) is 1. The molecule has 1 aliphatic carbocycles. The molecule has 2 aromatic heterocycles. The monoisotopic (exact) mass is 463 g/mol. The average molecular weight is 464 g/mol. The second-order valence-corrected chi connectivity index (χ2v) is 11.0. The highest BCUT2D eigenvalue weighted by Crippen LogP contribution is 2.42. The fourth-order valence-electron chi connectivity index (χ4n) is 6.29. The van der Waals surface area contributed by atoms with Gasteiger partial charge in [-0.2, -0.15) is 0 Å². The van der Waals surface area contributed by atoms with E-state index in [0.717, 1.165) is 39.1 Å². The number of anilines is 1. The van der Waals surface area contributed by atoms with Crippen molar-refractivity contribution in [1.29, 1.82) is 0 Å². The Morgan fingerprint density at radius 3 is 2.68 bits per heavy atom. The van der Waals surface area contributed by atoms with Crippen LogP contribution in [0.5, 0.6) is 0 Å². The normalized spacial score (nSPS) is 27.7. The standard InChI is InChI=1S/C28H41N5O/c1-18(2)23-10-8-20-6-7-21(28(32(4)5)27(20)31-23)14-19(3)24-11-9-22(15-30-24)33-12-13-34-26-17-29-16-25(26)33/h8-11,15,18-19,21,25-26,28-29H,6-7,12-14,16-17H2,1-5H3/t19?,21?,25-,26-,28-/m0/s1. The summed E-state index contributed by atoms with van der Waals surface area (Å²) in [6.45, 7) is 10.5.